The number of benzene rings is 4. The molecule has 0 saturated carbocycles. The van der Waals surface area contributed by atoms with Gasteiger partial charge in [-0.3, -0.25) is 33.8 Å². The summed E-state index contributed by atoms with van der Waals surface area (Å²) >= 11 is 2.68. The zero-order valence-electron chi connectivity index (χ0n) is 45.2. The van der Waals surface area contributed by atoms with Crippen LogP contribution >= 0.6 is 23.5 Å². The van der Waals surface area contributed by atoms with Crippen molar-refractivity contribution >= 4 is 40.8 Å². The van der Waals surface area contributed by atoms with Gasteiger partial charge in [0.2, 0.25) is 0 Å². The van der Waals surface area contributed by atoms with Gasteiger partial charge < -0.3 is 15.5 Å². The highest BCUT2D eigenvalue weighted by molar-refractivity contribution is 8.03. The van der Waals surface area contributed by atoms with E-state index in [0.717, 1.165) is 99.5 Å². The number of anilines is 1. The summed E-state index contributed by atoms with van der Waals surface area (Å²) < 4.78 is 84.1. The Morgan fingerprint density at radius 3 is 1.57 bits per heavy atom. The van der Waals surface area contributed by atoms with Crippen LogP contribution in [0.15, 0.2) is 164 Å². The maximum Gasteiger partial charge on any atom is 0.416 e. The number of hydrogen-bond acceptors (Lipinski definition) is 12. The molecule has 0 aliphatic carbocycles. The van der Waals surface area contributed by atoms with Crippen LogP contribution in [0.1, 0.15) is 54.3 Å². The van der Waals surface area contributed by atoms with Crippen LogP contribution in [0.2, 0.25) is 0 Å². The second-order valence-electron chi connectivity index (χ2n) is 19.0. The van der Waals surface area contributed by atoms with Gasteiger partial charge in [0.15, 0.2) is 0 Å². The molecule has 3 aliphatic heterocycles. The van der Waals surface area contributed by atoms with E-state index < -0.39 is 29.0 Å². The number of nitrogens with one attached hydrogen (secondary N) is 2. The molecule has 80 heavy (non-hydrogen) atoms. The number of alkyl halides is 6. The Kier molecular flexibility index (Phi) is 20.8. The Hall–Kier alpha value is -7.04. The van der Waals surface area contributed by atoms with Crippen LogP contribution in [-0.2, 0) is 17.1 Å². The van der Waals surface area contributed by atoms with Gasteiger partial charge in [0, 0.05) is 140 Å². The molecule has 2 fully saturated rings. The molecule has 420 valence electrons. The van der Waals surface area contributed by atoms with E-state index in [2.05, 4.69) is 55.5 Å². The van der Waals surface area contributed by atoms with Crippen molar-refractivity contribution in [3.8, 4) is 17.8 Å². The number of aromatic nitrogens is 1. The first-order chi connectivity index (χ1) is 38.3. The van der Waals surface area contributed by atoms with E-state index in [1.807, 2.05) is 13.8 Å². The summed E-state index contributed by atoms with van der Waals surface area (Å²) in [5.41, 5.74) is 1.25. The van der Waals surface area contributed by atoms with Crippen molar-refractivity contribution in [1.29, 1.82) is 10.5 Å². The van der Waals surface area contributed by atoms with Crippen LogP contribution in [0, 0.1) is 29.6 Å². The number of carbonyl (C=O) groups is 1. The predicted octanol–water partition coefficient (Wildman–Crippen LogP) is 11.0. The zero-order chi connectivity index (χ0) is 57.7. The zero-order valence-corrected chi connectivity index (χ0v) is 46.8. The summed E-state index contributed by atoms with van der Waals surface area (Å²) in [7, 11) is 0. The number of rotatable bonds is 18. The number of halogens is 6. The smallest absolute Gasteiger partial charge is 0.384 e. The van der Waals surface area contributed by atoms with Gasteiger partial charge in [0.1, 0.15) is 0 Å². The summed E-state index contributed by atoms with van der Waals surface area (Å²) in [5.74, 6) is -0.387. The molecule has 4 aromatic carbocycles. The summed E-state index contributed by atoms with van der Waals surface area (Å²) in [6, 6.07) is 29.4. The van der Waals surface area contributed by atoms with E-state index in [0.29, 0.717) is 64.2 Å². The quantitative estimate of drug-likeness (QED) is 0.0811. The lowest BCUT2D eigenvalue weighted by Crippen LogP contribution is -2.52. The molecule has 2 saturated heterocycles. The van der Waals surface area contributed by atoms with Crippen LogP contribution in [0.25, 0.3) is 11.4 Å². The van der Waals surface area contributed by atoms with Gasteiger partial charge in [0.25, 0.3) is 11.5 Å². The van der Waals surface area contributed by atoms with E-state index in [-0.39, 0.29) is 34.1 Å². The fraction of sp³-hybridized carbons (Fsp3) is 0.333. The Labute approximate surface area is 472 Å². The number of allylic oxidation sites excluding steroid dienone is 2. The first-order valence-corrected chi connectivity index (χ1v) is 27.9. The summed E-state index contributed by atoms with van der Waals surface area (Å²) in [6.45, 7) is 26.7. The number of amides is 1. The van der Waals surface area contributed by atoms with Crippen LogP contribution in [0.4, 0.5) is 32.0 Å². The Balaban J connectivity index is 0.00000457. The molecule has 1 aromatic heterocycles. The second kappa shape index (κ2) is 27.4. The van der Waals surface area contributed by atoms with E-state index in [1.54, 1.807) is 85.5 Å². The van der Waals surface area contributed by atoms with Gasteiger partial charge >= 0.3 is 12.4 Å². The molecular formula is C60H64F6N10O2S2. The summed E-state index contributed by atoms with van der Waals surface area (Å²) in [6.07, 6.45) is -7.45. The third kappa shape index (κ3) is 15.4. The average Bonchev–Trinajstić information content (AvgIpc) is 3.46. The number of thioether (sulfide) groups is 1. The van der Waals surface area contributed by atoms with Gasteiger partial charge in [0.05, 0.1) is 51.2 Å². The minimum Gasteiger partial charge on any atom is -0.384 e. The van der Waals surface area contributed by atoms with Crippen LogP contribution in [0.3, 0.4) is 0 Å². The van der Waals surface area contributed by atoms with Crippen molar-refractivity contribution in [3.05, 3.63) is 188 Å². The standard InChI is InChI=1S/C58H58F6N10O2S2.C2H6/c1-39(51-35-53(77-49-15-11-43(37-65)12-16-49)42(4)74(56(51)76)48-10-6-8-46(34-48)58(62,63)64)67-19-21-69-23-27-71(28-24-69)31-32-72-29-25-70(26-30-72)22-20-68-55(75)52-36-54(78-50-17-13-44(38-66)14-18-50)41(3)73(40(52)2)47-9-5-7-45(33-47)57(59,60)61;1-2/h5-18,33-36,67H,1-2,19-32H2,3-4H3,(H,68,75);1-2H3. The SMILES string of the molecule is C=C(NCCN1CCN(CCN2CCN(CCNC(=O)C3=CC(Sc4ccc(C#N)cc4)=C(C)N(c4cccc(C(F)(F)F)c4)C3=C)CC2)CC1)c1cc(Sc2ccc(C#N)cc2)c(C)n(-c2cccc(C(F)(F)F)c2)c1=O.CC. The summed E-state index contributed by atoms with van der Waals surface area (Å²) in [4.78, 5) is 41.9. The van der Waals surface area contributed by atoms with E-state index in [4.69, 9.17) is 0 Å². The van der Waals surface area contributed by atoms with Crippen molar-refractivity contribution < 1.29 is 31.1 Å². The molecule has 0 bridgehead atoms. The first kappa shape index (κ1) is 60.6. The monoisotopic (exact) mass is 1130 g/mol. The number of piperazine rings is 2. The molecule has 0 unspecified atom stereocenters. The second-order valence-corrected chi connectivity index (χ2v) is 21.3. The van der Waals surface area contributed by atoms with Gasteiger partial charge in [-0.25, -0.2) is 0 Å². The average molecular weight is 1140 g/mol. The fourth-order valence-corrected chi connectivity index (χ4v) is 11.3. The van der Waals surface area contributed by atoms with Gasteiger partial charge in [-0.1, -0.05) is 62.7 Å². The molecule has 1 amide bonds. The van der Waals surface area contributed by atoms with Crippen LogP contribution in [0.5, 0.6) is 0 Å². The third-order valence-electron chi connectivity index (χ3n) is 13.9. The molecule has 5 aromatic rings. The Morgan fingerprint density at radius 2 is 1.09 bits per heavy atom. The van der Waals surface area contributed by atoms with Gasteiger partial charge in [-0.15, -0.1) is 0 Å². The number of nitriles is 2. The maximum absolute atomic E-state index is 14.1. The molecular weight excluding hydrogens is 1070 g/mol. The number of hydrogen-bond donors (Lipinski definition) is 2. The van der Waals surface area contributed by atoms with Crippen molar-refractivity contribution in [2.24, 2.45) is 0 Å². The molecule has 12 nitrogen and oxygen atoms in total. The number of pyridine rings is 1. The molecule has 0 radical (unpaired) electrons. The van der Waals surface area contributed by atoms with Crippen molar-refractivity contribution in [3.63, 3.8) is 0 Å². The predicted molar refractivity (Wildman–Crippen MR) is 305 cm³/mol. The molecule has 8 rings (SSSR count). The number of nitrogens with zero attached hydrogens (tertiary/aromatic N) is 8. The van der Waals surface area contributed by atoms with Crippen LogP contribution < -0.4 is 21.1 Å². The molecule has 0 atom stereocenters. The van der Waals surface area contributed by atoms with Gasteiger partial charge in [-0.2, -0.15) is 36.9 Å². The minimum absolute atomic E-state index is 0.0856. The molecule has 20 heteroatoms. The highest BCUT2D eigenvalue weighted by atomic mass is 32.2. The first-order valence-electron chi connectivity index (χ1n) is 26.3. The fourth-order valence-electron chi connectivity index (χ4n) is 9.44. The lowest BCUT2D eigenvalue weighted by Gasteiger charge is -2.38. The number of carbonyl (C=O) groups excluding carboxylic acids is 1. The maximum atomic E-state index is 14.1. The highest BCUT2D eigenvalue weighted by Gasteiger charge is 2.34. The largest absolute Gasteiger partial charge is 0.416 e. The molecule has 2 N–H and O–H groups in total. The molecule has 4 heterocycles. The van der Waals surface area contributed by atoms with Crippen molar-refractivity contribution in [2.75, 3.05) is 96.5 Å². The van der Waals surface area contributed by atoms with Crippen LogP contribution in [-0.4, -0.2) is 122 Å². The van der Waals surface area contributed by atoms with Crippen molar-refractivity contribution in [1.82, 2.24) is 34.8 Å². The Morgan fingerprint density at radius 1 is 0.637 bits per heavy atom. The molecule has 0 spiro atoms. The van der Waals surface area contributed by atoms with E-state index in [1.165, 1.54) is 46.3 Å². The van der Waals surface area contributed by atoms with E-state index in [9.17, 15) is 46.5 Å². The topological polar surface area (TPSA) is 127 Å². The third-order valence-corrected chi connectivity index (χ3v) is 16.2. The Bertz CT molecular complexity index is 3240. The van der Waals surface area contributed by atoms with Gasteiger partial charge in [-0.05, 0) is 111 Å². The molecule has 3 aliphatic rings. The lowest BCUT2D eigenvalue weighted by atomic mass is 10.0. The summed E-state index contributed by atoms with van der Waals surface area (Å²) in [5, 5.41) is 24.9. The van der Waals surface area contributed by atoms with Crippen molar-refractivity contribution in [2.45, 2.75) is 54.7 Å². The highest BCUT2D eigenvalue weighted by Crippen LogP contribution is 2.42. The minimum atomic E-state index is -4.60. The van der Waals surface area contributed by atoms with E-state index >= 15 is 0 Å². The normalized spacial score (nSPS) is 15.8. The lowest BCUT2D eigenvalue weighted by molar-refractivity contribution is -0.138.